The van der Waals surface area contributed by atoms with Crippen molar-refractivity contribution in [3.8, 4) is 0 Å². The molecule has 2 N–H and O–H groups in total. The molecule has 0 radical (unpaired) electrons. The van der Waals surface area contributed by atoms with E-state index >= 15 is 0 Å². The number of hydrogen-bond acceptors (Lipinski definition) is 3. The topological polar surface area (TPSA) is 50.4 Å². The van der Waals surface area contributed by atoms with Crippen molar-refractivity contribution in [2.75, 3.05) is 26.3 Å². The standard InChI is InChI=1S/C9H16N2O2/c1-2-13-5-8(12)11-9-6-3-10-4-7(6)9/h6-7,9-10H,2-5H2,1H3,(H,11,12). The minimum absolute atomic E-state index is 0.0289. The molecular formula is C9H16N2O2. The highest BCUT2D eigenvalue weighted by atomic mass is 16.5. The summed E-state index contributed by atoms with van der Waals surface area (Å²) in [4.78, 5) is 11.2. The maximum atomic E-state index is 11.2. The molecular weight excluding hydrogens is 168 g/mol. The van der Waals surface area contributed by atoms with Crippen molar-refractivity contribution >= 4 is 5.91 Å². The molecule has 1 saturated heterocycles. The number of nitrogens with one attached hydrogen (secondary N) is 2. The van der Waals surface area contributed by atoms with Crippen molar-refractivity contribution in [3.63, 3.8) is 0 Å². The molecule has 2 aliphatic rings. The Morgan fingerprint density at radius 1 is 1.54 bits per heavy atom. The predicted octanol–water partition coefficient (Wildman–Crippen LogP) is -0.643. The lowest BCUT2D eigenvalue weighted by atomic mass is 10.4. The van der Waals surface area contributed by atoms with Crippen LogP contribution in [0.2, 0.25) is 0 Å². The van der Waals surface area contributed by atoms with Crippen LogP contribution in [0.3, 0.4) is 0 Å². The summed E-state index contributed by atoms with van der Waals surface area (Å²) >= 11 is 0. The third-order valence-corrected chi connectivity index (χ3v) is 2.86. The van der Waals surface area contributed by atoms with Gasteiger partial charge < -0.3 is 15.4 Å². The normalized spacial score (nSPS) is 35.6. The van der Waals surface area contributed by atoms with E-state index in [1.54, 1.807) is 0 Å². The molecule has 0 aromatic rings. The van der Waals surface area contributed by atoms with Crippen molar-refractivity contribution in [1.29, 1.82) is 0 Å². The van der Waals surface area contributed by atoms with Crippen LogP contribution in [0, 0.1) is 11.8 Å². The van der Waals surface area contributed by atoms with E-state index < -0.39 is 0 Å². The lowest BCUT2D eigenvalue weighted by molar-refractivity contribution is -0.125. The van der Waals surface area contributed by atoms with Gasteiger partial charge in [0, 0.05) is 25.7 Å². The smallest absolute Gasteiger partial charge is 0.246 e. The maximum Gasteiger partial charge on any atom is 0.246 e. The Morgan fingerprint density at radius 3 is 2.85 bits per heavy atom. The van der Waals surface area contributed by atoms with Crippen LogP contribution in [-0.4, -0.2) is 38.3 Å². The van der Waals surface area contributed by atoms with Gasteiger partial charge in [0.25, 0.3) is 0 Å². The van der Waals surface area contributed by atoms with Crippen molar-refractivity contribution in [3.05, 3.63) is 0 Å². The lowest BCUT2D eigenvalue weighted by Gasteiger charge is -2.07. The van der Waals surface area contributed by atoms with Crippen LogP contribution in [0.5, 0.6) is 0 Å². The first-order valence-corrected chi connectivity index (χ1v) is 4.90. The molecule has 4 nitrogen and oxygen atoms in total. The molecule has 0 aromatic carbocycles. The SMILES string of the molecule is CCOCC(=O)NC1C2CNCC21. The van der Waals surface area contributed by atoms with Gasteiger partial charge in [0.15, 0.2) is 0 Å². The molecule has 0 aromatic heterocycles. The van der Waals surface area contributed by atoms with Gasteiger partial charge >= 0.3 is 0 Å². The zero-order valence-electron chi connectivity index (χ0n) is 7.88. The van der Waals surface area contributed by atoms with Gasteiger partial charge in [-0.2, -0.15) is 0 Å². The molecule has 1 heterocycles. The van der Waals surface area contributed by atoms with Crippen LogP contribution < -0.4 is 10.6 Å². The molecule has 4 heteroatoms. The summed E-state index contributed by atoms with van der Waals surface area (Å²) in [6.07, 6.45) is 0. The molecule has 0 bridgehead atoms. The average molecular weight is 184 g/mol. The molecule has 1 aliphatic carbocycles. The Bertz CT molecular complexity index is 198. The van der Waals surface area contributed by atoms with E-state index in [0.29, 0.717) is 24.5 Å². The zero-order chi connectivity index (χ0) is 9.26. The van der Waals surface area contributed by atoms with Gasteiger partial charge in [-0.1, -0.05) is 0 Å². The first-order chi connectivity index (χ1) is 6.33. The fourth-order valence-electron chi connectivity index (χ4n) is 2.05. The fourth-order valence-corrected chi connectivity index (χ4v) is 2.05. The molecule has 74 valence electrons. The Morgan fingerprint density at radius 2 is 2.23 bits per heavy atom. The van der Waals surface area contributed by atoms with E-state index in [0.717, 1.165) is 13.1 Å². The van der Waals surface area contributed by atoms with Gasteiger partial charge in [0.05, 0.1) is 0 Å². The summed E-state index contributed by atoms with van der Waals surface area (Å²) in [6, 6.07) is 0.425. The van der Waals surface area contributed by atoms with E-state index in [-0.39, 0.29) is 12.5 Å². The number of piperidine rings is 1. The third kappa shape index (κ3) is 1.84. The minimum Gasteiger partial charge on any atom is -0.372 e. The number of hydrogen-bond donors (Lipinski definition) is 2. The monoisotopic (exact) mass is 184 g/mol. The second kappa shape index (κ2) is 3.64. The number of ether oxygens (including phenoxy) is 1. The molecule has 13 heavy (non-hydrogen) atoms. The van der Waals surface area contributed by atoms with Crippen LogP contribution in [-0.2, 0) is 9.53 Å². The van der Waals surface area contributed by atoms with Gasteiger partial charge in [0.1, 0.15) is 6.61 Å². The fraction of sp³-hybridized carbons (Fsp3) is 0.889. The van der Waals surface area contributed by atoms with E-state index in [4.69, 9.17) is 4.74 Å². The van der Waals surface area contributed by atoms with Crippen molar-refractivity contribution in [2.24, 2.45) is 11.8 Å². The zero-order valence-corrected chi connectivity index (χ0v) is 7.88. The van der Waals surface area contributed by atoms with Gasteiger partial charge in [0.2, 0.25) is 5.91 Å². The number of carbonyl (C=O) groups excluding carboxylic acids is 1. The van der Waals surface area contributed by atoms with Gasteiger partial charge in [-0.3, -0.25) is 4.79 Å². The van der Waals surface area contributed by atoms with Gasteiger partial charge in [-0.05, 0) is 18.8 Å². The highest BCUT2D eigenvalue weighted by molar-refractivity contribution is 5.78. The predicted molar refractivity (Wildman–Crippen MR) is 48.3 cm³/mol. The lowest BCUT2D eigenvalue weighted by Crippen LogP contribution is -2.34. The van der Waals surface area contributed by atoms with Crippen molar-refractivity contribution in [1.82, 2.24) is 10.6 Å². The van der Waals surface area contributed by atoms with Crippen molar-refractivity contribution in [2.45, 2.75) is 13.0 Å². The van der Waals surface area contributed by atoms with Crippen LogP contribution in [0.4, 0.5) is 0 Å². The van der Waals surface area contributed by atoms with Crippen LogP contribution in [0.15, 0.2) is 0 Å². The molecule has 1 amide bonds. The minimum atomic E-state index is 0.0289. The van der Waals surface area contributed by atoms with Gasteiger partial charge in [-0.15, -0.1) is 0 Å². The molecule has 2 atom stereocenters. The van der Waals surface area contributed by atoms with E-state index in [1.807, 2.05) is 6.92 Å². The third-order valence-electron chi connectivity index (χ3n) is 2.86. The summed E-state index contributed by atoms with van der Waals surface area (Å²) in [5, 5.41) is 6.27. The quantitative estimate of drug-likeness (QED) is 0.611. The van der Waals surface area contributed by atoms with E-state index in [1.165, 1.54) is 0 Å². The number of amides is 1. The Hall–Kier alpha value is -0.610. The largest absolute Gasteiger partial charge is 0.372 e. The first-order valence-electron chi connectivity index (χ1n) is 4.90. The van der Waals surface area contributed by atoms with Crippen LogP contribution >= 0.6 is 0 Å². The Labute approximate surface area is 78.0 Å². The van der Waals surface area contributed by atoms with E-state index in [2.05, 4.69) is 10.6 Å². The summed E-state index contributed by atoms with van der Waals surface area (Å²) < 4.78 is 5.02. The first kappa shape index (κ1) is 8.97. The molecule has 2 unspecified atom stereocenters. The molecule has 1 aliphatic heterocycles. The summed E-state index contributed by atoms with van der Waals surface area (Å²) in [7, 11) is 0. The Kier molecular flexibility index (Phi) is 2.51. The van der Waals surface area contributed by atoms with Crippen LogP contribution in [0.25, 0.3) is 0 Å². The second-order valence-corrected chi connectivity index (χ2v) is 3.72. The molecule has 1 saturated carbocycles. The van der Waals surface area contributed by atoms with E-state index in [9.17, 15) is 4.79 Å². The maximum absolute atomic E-state index is 11.2. The second-order valence-electron chi connectivity index (χ2n) is 3.72. The highest BCUT2D eigenvalue weighted by Gasteiger charge is 2.53. The van der Waals surface area contributed by atoms with Crippen LogP contribution in [0.1, 0.15) is 6.92 Å². The summed E-state index contributed by atoms with van der Waals surface area (Å²) in [5.74, 6) is 1.40. The molecule has 0 spiro atoms. The summed E-state index contributed by atoms with van der Waals surface area (Å²) in [5.41, 5.74) is 0. The summed E-state index contributed by atoms with van der Waals surface area (Å²) in [6.45, 7) is 4.82. The molecule has 2 fully saturated rings. The van der Waals surface area contributed by atoms with Crippen molar-refractivity contribution < 1.29 is 9.53 Å². The Balaban J connectivity index is 1.65. The highest BCUT2D eigenvalue weighted by Crippen LogP contribution is 2.41. The van der Waals surface area contributed by atoms with Gasteiger partial charge in [-0.25, -0.2) is 0 Å². The number of rotatable bonds is 4. The molecule has 2 rings (SSSR count). The average Bonchev–Trinajstić information content (AvgIpc) is 2.63. The number of fused-ring (bicyclic) bond motifs is 1. The number of carbonyl (C=O) groups is 1.